The lowest BCUT2D eigenvalue weighted by molar-refractivity contribution is 0.0988. The highest BCUT2D eigenvalue weighted by molar-refractivity contribution is 5.01. The third-order valence-corrected chi connectivity index (χ3v) is 5.56. The highest BCUT2D eigenvalue weighted by Crippen LogP contribution is 2.39. The summed E-state index contributed by atoms with van der Waals surface area (Å²) in [6.07, 6.45) is 8.10. The molecule has 2 aliphatic carbocycles. The summed E-state index contributed by atoms with van der Waals surface area (Å²) in [4.78, 5) is 0. The molecular formula is C15H30N2. The van der Waals surface area contributed by atoms with Crippen LogP contribution in [0.3, 0.4) is 0 Å². The van der Waals surface area contributed by atoms with Gasteiger partial charge in [0.15, 0.2) is 0 Å². The highest BCUT2D eigenvalue weighted by Gasteiger charge is 2.42. The Hall–Kier alpha value is -0.0800. The first kappa shape index (κ1) is 13.4. The van der Waals surface area contributed by atoms with E-state index in [4.69, 9.17) is 5.73 Å². The van der Waals surface area contributed by atoms with Crippen LogP contribution < -0.4 is 11.1 Å². The molecule has 0 radical (unpaired) electrons. The molecule has 100 valence electrons. The van der Waals surface area contributed by atoms with Crippen molar-refractivity contribution in [1.29, 1.82) is 0 Å². The maximum Gasteiger partial charge on any atom is 0.0334 e. The Morgan fingerprint density at radius 3 is 2.53 bits per heavy atom. The van der Waals surface area contributed by atoms with Crippen LogP contribution in [-0.2, 0) is 0 Å². The largest absolute Gasteiger partial charge is 0.329 e. The molecule has 0 aromatic rings. The van der Waals surface area contributed by atoms with Crippen LogP contribution in [0.5, 0.6) is 0 Å². The fourth-order valence-electron chi connectivity index (χ4n) is 4.06. The molecule has 0 spiro atoms. The molecule has 0 aromatic carbocycles. The molecule has 0 amide bonds. The Morgan fingerprint density at radius 1 is 1.18 bits per heavy atom. The zero-order chi connectivity index (χ0) is 12.5. The zero-order valence-corrected chi connectivity index (χ0v) is 11.8. The van der Waals surface area contributed by atoms with Gasteiger partial charge in [0.2, 0.25) is 0 Å². The van der Waals surface area contributed by atoms with E-state index in [0.29, 0.717) is 0 Å². The molecule has 2 aliphatic rings. The third kappa shape index (κ3) is 2.68. The van der Waals surface area contributed by atoms with Crippen molar-refractivity contribution in [2.75, 3.05) is 6.54 Å². The van der Waals surface area contributed by atoms with E-state index < -0.39 is 0 Å². The molecule has 3 N–H and O–H groups in total. The van der Waals surface area contributed by atoms with Crippen molar-refractivity contribution in [3.63, 3.8) is 0 Å². The molecule has 5 unspecified atom stereocenters. The number of hydrogen-bond acceptors (Lipinski definition) is 2. The summed E-state index contributed by atoms with van der Waals surface area (Å²) in [5.74, 6) is 2.44. The molecule has 2 nitrogen and oxygen atoms in total. The van der Waals surface area contributed by atoms with Crippen LogP contribution in [-0.4, -0.2) is 18.1 Å². The lowest BCUT2D eigenvalue weighted by atomic mass is 9.68. The molecule has 0 aromatic heterocycles. The Bertz CT molecular complexity index is 253. The van der Waals surface area contributed by atoms with E-state index in [2.05, 4.69) is 26.1 Å². The standard InChI is InChI=1S/C15H30N2/c1-11-6-7-14(9-11)17-15(10-16)8-4-5-12(2)13(15)3/h11-14,17H,4-10,16H2,1-3H3. The maximum absolute atomic E-state index is 6.14. The van der Waals surface area contributed by atoms with Gasteiger partial charge in [0.25, 0.3) is 0 Å². The fraction of sp³-hybridized carbons (Fsp3) is 1.00. The molecule has 2 heteroatoms. The number of nitrogens with two attached hydrogens (primary N) is 1. The van der Waals surface area contributed by atoms with Crippen molar-refractivity contribution in [3.8, 4) is 0 Å². The topological polar surface area (TPSA) is 38.0 Å². The van der Waals surface area contributed by atoms with Crippen LogP contribution >= 0.6 is 0 Å². The van der Waals surface area contributed by atoms with E-state index in [1.165, 1.54) is 38.5 Å². The van der Waals surface area contributed by atoms with Gasteiger partial charge in [-0.2, -0.15) is 0 Å². The molecular weight excluding hydrogens is 208 g/mol. The first-order chi connectivity index (χ1) is 8.07. The molecule has 2 saturated carbocycles. The van der Waals surface area contributed by atoms with E-state index >= 15 is 0 Å². The van der Waals surface area contributed by atoms with Gasteiger partial charge in [-0.1, -0.05) is 33.6 Å². The summed E-state index contributed by atoms with van der Waals surface area (Å²) in [6.45, 7) is 7.99. The molecule has 17 heavy (non-hydrogen) atoms. The Kier molecular flexibility index (Phi) is 4.14. The predicted molar refractivity (Wildman–Crippen MR) is 73.9 cm³/mol. The molecule has 0 aliphatic heterocycles. The summed E-state index contributed by atoms with van der Waals surface area (Å²) in [5.41, 5.74) is 6.37. The second-order valence-electron chi connectivity index (χ2n) is 6.78. The minimum Gasteiger partial charge on any atom is -0.329 e. The number of hydrogen-bond donors (Lipinski definition) is 2. The summed E-state index contributed by atoms with van der Waals surface area (Å²) in [6, 6.07) is 0.723. The van der Waals surface area contributed by atoms with Crippen LogP contribution in [0.2, 0.25) is 0 Å². The molecule has 2 fully saturated rings. The fourth-order valence-corrected chi connectivity index (χ4v) is 4.06. The average Bonchev–Trinajstić information content (AvgIpc) is 2.71. The van der Waals surface area contributed by atoms with E-state index in [1.807, 2.05) is 0 Å². The quantitative estimate of drug-likeness (QED) is 0.793. The summed E-state index contributed by atoms with van der Waals surface area (Å²) < 4.78 is 0. The second-order valence-corrected chi connectivity index (χ2v) is 6.78. The molecule has 0 saturated heterocycles. The smallest absolute Gasteiger partial charge is 0.0334 e. The van der Waals surface area contributed by atoms with E-state index in [0.717, 1.165) is 30.3 Å². The molecule has 2 rings (SSSR count). The second kappa shape index (κ2) is 5.27. The van der Waals surface area contributed by atoms with Crippen LogP contribution in [0.25, 0.3) is 0 Å². The lowest BCUT2D eigenvalue weighted by Crippen LogP contribution is -2.61. The summed E-state index contributed by atoms with van der Waals surface area (Å²) in [5, 5.41) is 3.97. The number of rotatable bonds is 3. The maximum atomic E-state index is 6.14. The van der Waals surface area contributed by atoms with Crippen LogP contribution in [0, 0.1) is 17.8 Å². The van der Waals surface area contributed by atoms with Gasteiger partial charge in [-0.3, -0.25) is 0 Å². The van der Waals surface area contributed by atoms with Gasteiger partial charge in [-0.05, 0) is 43.4 Å². The van der Waals surface area contributed by atoms with Crippen molar-refractivity contribution in [2.24, 2.45) is 23.5 Å². The molecule has 0 heterocycles. The highest BCUT2D eigenvalue weighted by atomic mass is 15.0. The van der Waals surface area contributed by atoms with Gasteiger partial charge in [0.05, 0.1) is 0 Å². The van der Waals surface area contributed by atoms with E-state index in [9.17, 15) is 0 Å². The normalized spacial score (nSPS) is 47.3. The van der Waals surface area contributed by atoms with Gasteiger partial charge < -0.3 is 11.1 Å². The minimum absolute atomic E-state index is 0.229. The average molecular weight is 238 g/mol. The van der Waals surface area contributed by atoms with Gasteiger partial charge in [0, 0.05) is 18.1 Å². The van der Waals surface area contributed by atoms with Crippen molar-refractivity contribution in [2.45, 2.75) is 70.9 Å². The first-order valence-electron chi connectivity index (χ1n) is 7.55. The Morgan fingerprint density at radius 2 is 1.94 bits per heavy atom. The van der Waals surface area contributed by atoms with Crippen molar-refractivity contribution >= 4 is 0 Å². The molecule has 5 atom stereocenters. The summed E-state index contributed by atoms with van der Waals surface area (Å²) >= 11 is 0. The lowest BCUT2D eigenvalue weighted by Gasteiger charge is -2.47. The minimum atomic E-state index is 0.229. The van der Waals surface area contributed by atoms with Crippen molar-refractivity contribution in [1.82, 2.24) is 5.32 Å². The Balaban J connectivity index is 2.02. The van der Waals surface area contributed by atoms with Gasteiger partial charge in [0.1, 0.15) is 0 Å². The Labute approximate surface area is 107 Å². The number of nitrogens with one attached hydrogen (secondary N) is 1. The first-order valence-corrected chi connectivity index (χ1v) is 7.55. The van der Waals surface area contributed by atoms with Crippen LogP contribution in [0.4, 0.5) is 0 Å². The van der Waals surface area contributed by atoms with Gasteiger partial charge >= 0.3 is 0 Å². The van der Waals surface area contributed by atoms with Crippen molar-refractivity contribution in [3.05, 3.63) is 0 Å². The monoisotopic (exact) mass is 238 g/mol. The zero-order valence-electron chi connectivity index (χ0n) is 11.8. The summed E-state index contributed by atoms with van der Waals surface area (Å²) in [7, 11) is 0. The predicted octanol–water partition coefficient (Wildman–Crippen LogP) is 2.92. The van der Waals surface area contributed by atoms with E-state index in [-0.39, 0.29) is 5.54 Å². The van der Waals surface area contributed by atoms with Crippen molar-refractivity contribution < 1.29 is 0 Å². The SMILES string of the molecule is CC1CCC(NC2(CN)CCCC(C)C2C)C1. The molecule has 0 bridgehead atoms. The van der Waals surface area contributed by atoms with Gasteiger partial charge in [-0.25, -0.2) is 0 Å². The van der Waals surface area contributed by atoms with Crippen LogP contribution in [0.15, 0.2) is 0 Å². The third-order valence-electron chi connectivity index (χ3n) is 5.56. The van der Waals surface area contributed by atoms with Crippen LogP contribution in [0.1, 0.15) is 59.3 Å². The van der Waals surface area contributed by atoms with E-state index in [1.54, 1.807) is 0 Å². The van der Waals surface area contributed by atoms with Gasteiger partial charge in [-0.15, -0.1) is 0 Å².